The Balaban J connectivity index is 3.39. The van der Waals surface area contributed by atoms with Crippen molar-refractivity contribution in [2.24, 2.45) is 0 Å². The highest BCUT2D eigenvalue weighted by atomic mass is 35.5. The van der Waals surface area contributed by atoms with E-state index < -0.39 is 11.0 Å². The van der Waals surface area contributed by atoms with Gasteiger partial charge in [0.15, 0.2) is 5.06 Å². The normalized spacial score (nSPS) is 11.1. The van der Waals surface area contributed by atoms with Crippen LogP contribution in [0, 0.1) is 0 Å². The van der Waals surface area contributed by atoms with E-state index in [0.29, 0.717) is 0 Å². The van der Waals surface area contributed by atoms with Crippen LogP contribution in [0.2, 0.25) is 0 Å². The van der Waals surface area contributed by atoms with E-state index in [1.54, 1.807) is 13.8 Å². The maximum Gasteiger partial charge on any atom is 0.339 e. The zero-order chi connectivity index (χ0) is 7.49. The van der Waals surface area contributed by atoms with E-state index in [-0.39, 0.29) is 0 Å². The lowest BCUT2D eigenvalue weighted by atomic mass is 10.5. The van der Waals surface area contributed by atoms with Gasteiger partial charge in [0.1, 0.15) is 0 Å². The summed E-state index contributed by atoms with van der Waals surface area (Å²) in [6, 6.07) is 0. The smallest absolute Gasteiger partial charge is 0.297 e. The average Bonchev–Trinajstić information content (AvgIpc) is 1.59. The molecule has 0 N–H and O–H groups in total. The second-order valence-corrected chi connectivity index (χ2v) is 2.93. The Bertz CT molecular complexity index is 105. The second-order valence-electron chi connectivity index (χ2n) is 2.02. The first-order valence-electron chi connectivity index (χ1n) is 2.47. The molecule has 4 heteroatoms. The molecule has 0 unspecified atom stereocenters. The average molecular weight is 153 g/mol. The van der Waals surface area contributed by atoms with E-state index in [1.807, 2.05) is 0 Å². The lowest BCUT2D eigenvalue weighted by Gasteiger charge is -2.12. The molecule has 0 aliphatic rings. The highest BCUT2D eigenvalue weighted by Crippen LogP contribution is 2.13. The van der Waals surface area contributed by atoms with Gasteiger partial charge in [-0.3, -0.25) is 4.89 Å². The Morgan fingerprint density at radius 1 is 1.56 bits per heavy atom. The molecular formula is C5H9ClO3. The van der Waals surface area contributed by atoms with Gasteiger partial charge in [-0.2, -0.15) is 4.89 Å². The number of alkyl halides is 1. The maximum atomic E-state index is 10.1. The van der Waals surface area contributed by atoms with E-state index in [0.717, 1.165) is 0 Å². The standard InChI is InChI=1S/C5H9ClO3/c1-4(7)8-9-5(2,3)6/h1-3H3. The Morgan fingerprint density at radius 2 is 2.00 bits per heavy atom. The summed E-state index contributed by atoms with van der Waals surface area (Å²) in [5.74, 6) is -0.510. The van der Waals surface area contributed by atoms with Gasteiger partial charge in [0.25, 0.3) is 0 Å². The first-order valence-corrected chi connectivity index (χ1v) is 2.85. The summed E-state index contributed by atoms with van der Waals surface area (Å²) in [4.78, 5) is 18.6. The number of halogens is 1. The van der Waals surface area contributed by atoms with Crippen LogP contribution in [0.4, 0.5) is 0 Å². The molecule has 0 aromatic rings. The van der Waals surface area contributed by atoms with Crippen LogP contribution in [-0.4, -0.2) is 11.0 Å². The molecule has 0 radical (unpaired) electrons. The van der Waals surface area contributed by atoms with Crippen LogP contribution < -0.4 is 0 Å². The molecule has 3 nitrogen and oxygen atoms in total. The molecular weight excluding hydrogens is 144 g/mol. The summed E-state index contributed by atoms with van der Waals surface area (Å²) in [7, 11) is 0. The van der Waals surface area contributed by atoms with Gasteiger partial charge in [0.2, 0.25) is 0 Å². The van der Waals surface area contributed by atoms with Crippen molar-refractivity contribution in [1.82, 2.24) is 0 Å². The van der Waals surface area contributed by atoms with Crippen molar-refractivity contribution in [3.8, 4) is 0 Å². The zero-order valence-corrected chi connectivity index (χ0v) is 6.36. The van der Waals surface area contributed by atoms with E-state index >= 15 is 0 Å². The lowest BCUT2D eigenvalue weighted by molar-refractivity contribution is -0.301. The van der Waals surface area contributed by atoms with Crippen LogP contribution in [0.3, 0.4) is 0 Å². The summed E-state index contributed by atoms with van der Waals surface area (Å²) in [5.41, 5.74) is 0. The summed E-state index contributed by atoms with van der Waals surface area (Å²) in [6.07, 6.45) is 0. The van der Waals surface area contributed by atoms with E-state index in [1.165, 1.54) is 6.92 Å². The quantitative estimate of drug-likeness (QED) is 0.341. The predicted octanol–water partition coefficient (Wildman–Crippen LogP) is 1.46. The summed E-state index contributed by atoms with van der Waals surface area (Å²) in [6.45, 7) is 4.37. The molecule has 0 amide bonds. The fraction of sp³-hybridized carbons (Fsp3) is 0.800. The van der Waals surface area contributed by atoms with Gasteiger partial charge in [-0.15, -0.1) is 0 Å². The molecule has 0 aliphatic carbocycles. The van der Waals surface area contributed by atoms with Gasteiger partial charge in [0.05, 0.1) is 0 Å². The van der Waals surface area contributed by atoms with Crippen molar-refractivity contribution < 1.29 is 14.6 Å². The van der Waals surface area contributed by atoms with Crippen molar-refractivity contribution in [3.63, 3.8) is 0 Å². The van der Waals surface area contributed by atoms with Gasteiger partial charge in [-0.1, -0.05) is 11.6 Å². The number of hydrogen-bond donors (Lipinski definition) is 0. The highest BCUT2D eigenvalue weighted by Gasteiger charge is 2.15. The zero-order valence-electron chi connectivity index (χ0n) is 5.60. The molecule has 0 spiro atoms. The minimum atomic E-state index is -0.939. The molecule has 54 valence electrons. The molecule has 9 heavy (non-hydrogen) atoms. The number of hydrogen-bond acceptors (Lipinski definition) is 3. The van der Waals surface area contributed by atoms with Crippen molar-refractivity contribution in [2.45, 2.75) is 25.8 Å². The van der Waals surface area contributed by atoms with Crippen LogP contribution in [0.1, 0.15) is 20.8 Å². The van der Waals surface area contributed by atoms with Gasteiger partial charge in [-0.25, -0.2) is 4.79 Å². The van der Waals surface area contributed by atoms with Gasteiger partial charge < -0.3 is 0 Å². The molecule has 0 fully saturated rings. The second kappa shape index (κ2) is 3.03. The third kappa shape index (κ3) is 7.72. The first kappa shape index (κ1) is 8.72. The lowest BCUT2D eigenvalue weighted by Crippen LogP contribution is -2.17. The highest BCUT2D eigenvalue weighted by molar-refractivity contribution is 6.22. The van der Waals surface area contributed by atoms with E-state index in [4.69, 9.17) is 11.6 Å². The minimum Gasteiger partial charge on any atom is -0.297 e. The van der Waals surface area contributed by atoms with Gasteiger partial charge in [-0.05, 0) is 13.8 Å². The maximum absolute atomic E-state index is 10.1. The summed E-state index contributed by atoms with van der Waals surface area (Å²) >= 11 is 5.48. The molecule has 0 saturated carbocycles. The molecule has 0 heterocycles. The first-order chi connectivity index (χ1) is 3.92. The third-order valence-electron chi connectivity index (χ3n) is 0.357. The van der Waals surface area contributed by atoms with Crippen molar-refractivity contribution in [3.05, 3.63) is 0 Å². The van der Waals surface area contributed by atoms with E-state index in [9.17, 15) is 4.79 Å². The number of rotatable bonds is 2. The van der Waals surface area contributed by atoms with E-state index in [2.05, 4.69) is 9.78 Å². The van der Waals surface area contributed by atoms with Crippen molar-refractivity contribution in [2.75, 3.05) is 0 Å². The summed E-state index contributed by atoms with van der Waals surface area (Å²) in [5, 5.41) is -0.939. The molecule has 0 atom stereocenters. The molecule has 0 rings (SSSR count). The largest absolute Gasteiger partial charge is 0.339 e. The van der Waals surface area contributed by atoms with Crippen molar-refractivity contribution >= 4 is 17.6 Å². The number of carbonyl (C=O) groups is 1. The molecule has 0 aromatic heterocycles. The van der Waals surface area contributed by atoms with Gasteiger partial charge >= 0.3 is 5.97 Å². The Kier molecular flexibility index (Phi) is 2.94. The Labute approximate surface area is 58.8 Å². The molecule has 0 bridgehead atoms. The predicted molar refractivity (Wildman–Crippen MR) is 32.8 cm³/mol. The fourth-order valence-corrected chi connectivity index (χ4v) is 0.189. The van der Waals surface area contributed by atoms with Crippen LogP contribution >= 0.6 is 11.6 Å². The SMILES string of the molecule is CC(=O)OOC(C)(C)Cl. The van der Waals surface area contributed by atoms with Crippen LogP contribution in [0.15, 0.2) is 0 Å². The monoisotopic (exact) mass is 152 g/mol. The van der Waals surface area contributed by atoms with Gasteiger partial charge in [0, 0.05) is 6.92 Å². The Hall–Kier alpha value is -0.280. The molecule has 0 aromatic carbocycles. The Morgan fingerprint density at radius 3 is 2.11 bits per heavy atom. The fourth-order valence-electron chi connectivity index (χ4n) is 0.158. The van der Waals surface area contributed by atoms with Crippen LogP contribution in [0.25, 0.3) is 0 Å². The van der Waals surface area contributed by atoms with Crippen LogP contribution in [0.5, 0.6) is 0 Å². The van der Waals surface area contributed by atoms with Crippen molar-refractivity contribution in [1.29, 1.82) is 0 Å². The topological polar surface area (TPSA) is 35.5 Å². The number of carbonyl (C=O) groups excluding carboxylic acids is 1. The third-order valence-corrected chi connectivity index (χ3v) is 0.420. The molecule has 0 aliphatic heterocycles. The minimum absolute atomic E-state index is 0.510. The van der Waals surface area contributed by atoms with Crippen LogP contribution in [-0.2, 0) is 14.6 Å². The molecule has 0 saturated heterocycles. The summed E-state index contributed by atoms with van der Waals surface area (Å²) < 4.78 is 0.